The van der Waals surface area contributed by atoms with Gasteiger partial charge in [0.25, 0.3) is 0 Å². The Morgan fingerprint density at radius 3 is 2.67 bits per heavy atom. The predicted octanol–water partition coefficient (Wildman–Crippen LogP) is 3.44. The molecular formula is C21H23F2N7. The SMILES string of the molecule is CCn1nc(Nc2cc(F)c3nc(C)cn3c2)c2c(F)cc(N3CCNCC3)cc21. The fourth-order valence-corrected chi connectivity index (χ4v) is 4.06. The lowest BCUT2D eigenvalue weighted by Crippen LogP contribution is -2.43. The number of hydrogen-bond acceptors (Lipinski definition) is 5. The average molecular weight is 411 g/mol. The summed E-state index contributed by atoms with van der Waals surface area (Å²) in [6, 6.07) is 4.89. The van der Waals surface area contributed by atoms with Crippen LogP contribution in [0.4, 0.5) is 26.0 Å². The summed E-state index contributed by atoms with van der Waals surface area (Å²) in [4.78, 5) is 6.34. The summed E-state index contributed by atoms with van der Waals surface area (Å²) in [7, 11) is 0. The number of aryl methyl sites for hydroxylation is 2. The number of aromatic nitrogens is 4. The summed E-state index contributed by atoms with van der Waals surface area (Å²) >= 11 is 0. The molecule has 156 valence electrons. The number of rotatable bonds is 4. The molecule has 0 spiro atoms. The zero-order valence-electron chi connectivity index (χ0n) is 16.9. The Morgan fingerprint density at radius 2 is 1.90 bits per heavy atom. The first-order chi connectivity index (χ1) is 14.5. The highest BCUT2D eigenvalue weighted by atomic mass is 19.1. The van der Waals surface area contributed by atoms with Crippen LogP contribution < -0.4 is 15.5 Å². The molecule has 4 heterocycles. The number of hydrogen-bond donors (Lipinski definition) is 2. The van der Waals surface area contributed by atoms with Crippen LogP contribution in [-0.4, -0.2) is 45.3 Å². The molecular weight excluding hydrogens is 388 g/mol. The molecule has 1 aliphatic heterocycles. The summed E-state index contributed by atoms with van der Waals surface area (Å²) in [6.07, 6.45) is 3.47. The molecule has 1 fully saturated rings. The highest BCUT2D eigenvalue weighted by Crippen LogP contribution is 2.33. The van der Waals surface area contributed by atoms with Crippen molar-refractivity contribution < 1.29 is 8.78 Å². The normalized spacial score (nSPS) is 14.7. The van der Waals surface area contributed by atoms with Crippen LogP contribution in [0.2, 0.25) is 0 Å². The molecule has 0 saturated carbocycles. The lowest BCUT2D eigenvalue weighted by atomic mass is 10.1. The first-order valence-electron chi connectivity index (χ1n) is 10.1. The second-order valence-corrected chi connectivity index (χ2v) is 7.54. The highest BCUT2D eigenvalue weighted by Gasteiger charge is 2.19. The van der Waals surface area contributed by atoms with Gasteiger partial charge in [-0.2, -0.15) is 5.10 Å². The number of piperazine rings is 1. The van der Waals surface area contributed by atoms with E-state index in [4.69, 9.17) is 0 Å². The zero-order chi connectivity index (χ0) is 20.8. The monoisotopic (exact) mass is 411 g/mol. The zero-order valence-corrected chi connectivity index (χ0v) is 16.9. The summed E-state index contributed by atoms with van der Waals surface area (Å²) in [5.74, 6) is -0.427. The Kier molecular flexibility index (Phi) is 4.54. The molecule has 0 radical (unpaired) electrons. The van der Waals surface area contributed by atoms with Crippen LogP contribution in [0.15, 0.2) is 30.6 Å². The molecule has 1 aromatic carbocycles. The van der Waals surface area contributed by atoms with Crippen molar-refractivity contribution in [3.63, 3.8) is 0 Å². The minimum Gasteiger partial charge on any atom is -0.369 e. The number of pyridine rings is 1. The van der Waals surface area contributed by atoms with Crippen molar-refractivity contribution in [2.24, 2.45) is 0 Å². The van der Waals surface area contributed by atoms with E-state index >= 15 is 4.39 Å². The fourth-order valence-electron chi connectivity index (χ4n) is 4.06. The van der Waals surface area contributed by atoms with Crippen molar-refractivity contribution >= 4 is 33.7 Å². The van der Waals surface area contributed by atoms with E-state index in [1.54, 1.807) is 34.5 Å². The van der Waals surface area contributed by atoms with Gasteiger partial charge in [0.15, 0.2) is 17.3 Å². The Bertz CT molecular complexity index is 1240. The van der Waals surface area contributed by atoms with Crippen LogP contribution >= 0.6 is 0 Å². The summed E-state index contributed by atoms with van der Waals surface area (Å²) in [5, 5.41) is 11.4. The molecule has 0 unspecified atom stereocenters. The molecule has 0 amide bonds. The van der Waals surface area contributed by atoms with Gasteiger partial charge >= 0.3 is 0 Å². The number of imidazole rings is 1. The largest absolute Gasteiger partial charge is 0.369 e. The molecule has 30 heavy (non-hydrogen) atoms. The topological polar surface area (TPSA) is 62.4 Å². The van der Waals surface area contributed by atoms with E-state index in [0.717, 1.165) is 37.6 Å². The molecule has 3 aromatic heterocycles. The van der Waals surface area contributed by atoms with Crippen molar-refractivity contribution in [3.05, 3.63) is 47.9 Å². The van der Waals surface area contributed by atoms with Crippen LogP contribution in [0.3, 0.4) is 0 Å². The van der Waals surface area contributed by atoms with E-state index in [1.807, 2.05) is 13.0 Å². The Balaban J connectivity index is 1.57. The highest BCUT2D eigenvalue weighted by molar-refractivity contribution is 5.94. The summed E-state index contributed by atoms with van der Waals surface area (Å²) in [6.45, 7) is 7.78. The maximum absolute atomic E-state index is 15.2. The fraction of sp³-hybridized carbons (Fsp3) is 0.333. The first-order valence-corrected chi connectivity index (χ1v) is 10.1. The number of fused-ring (bicyclic) bond motifs is 2. The number of nitrogens with one attached hydrogen (secondary N) is 2. The number of halogens is 2. The van der Waals surface area contributed by atoms with E-state index in [-0.39, 0.29) is 11.5 Å². The number of benzene rings is 1. The first kappa shape index (κ1) is 18.8. The Morgan fingerprint density at radius 1 is 1.10 bits per heavy atom. The standard InChI is InChI=1S/C21H23F2N7/c1-3-30-18-10-15(28-6-4-24-5-7-28)9-16(22)19(18)20(27-30)26-14-8-17(23)21-25-13(2)11-29(21)12-14/h8-12,24H,3-7H2,1-2H3,(H,26,27). The predicted molar refractivity (Wildman–Crippen MR) is 114 cm³/mol. The van der Waals surface area contributed by atoms with Crippen LogP contribution in [0, 0.1) is 18.6 Å². The molecule has 4 aromatic rings. The lowest BCUT2D eigenvalue weighted by Gasteiger charge is -2.29. The molecule has 2 N–H and O–H groups in total. The van der Waals surface area contributed by atoms with Gasteiger partial charge in [0.1, 0.15) is 5.82 Å². The summed E-state index contributed by atoms with van der Waals surface area (Å²) in [5.41, 5.74) is 3.02. The van der Waals surface area contributed by atoms with Crippen molar-refractivity contribution in [1.29, 1.82) is 0 Å². The van der Waals surface area contributed by atoms with Gasteiger partial charge < -0.3 is 19.9 Å². The molecule has 1 aliphatic rings. The number of anilines is 3. The van der Waals surface area contributed by atoms with Gasteiger partial charge in [-0.1, -0.05) is 0 Å². The minimum atomic E-state index is -0.450. The maximum Gasteiger partial charge on any atom is 0.173 e. The van der Waals surface area contributed by atoms with Crippen LogP contribution in [0.25, 0.3) is 16.6 Å². The lowest BCUT2D eigenvalue weighted by molar-refractivity contribution is 0.586. The van der Waals surface area contributed by atoms with Crippen molar-refractivity contribution in [3.8, 4) is 0 Å². The van der Waals surface area contributed by atoms with E-state index < -0.39 is 5.82 Å². The van der Waals surface area contributed by atoms with Gasteiger partial charge in [0, 0.05) is 56.9 Å². The van der Waals surface area contributed by atoms with E-state index in [2.05, 4.69) is 25.6 Å². The molecule has 0 aliphatic carbocycles. The van der Waals surface area contributed by atoms with Crippen LogP contribution in [0.5, 0.6) is 0 Å². The quantitative estimate of drug-likeness (QED) is 0.539. The third kappa shape index (κ3) is 3.15. The van der Waals surface area contributed by atoms with Gasteiger partial charge in [-0.15, -0.1) is 0 Å². The molecule has 7 nitrogen and oxygen atoms in total. The van der Waals surface area contributed by atoms with Crippen LogP contribution in [-0.2, 0) is 6.54 Å². The molecule has 0 bridgehead atoms. The molecule has 1 saturated heterocycles. The third-order valence-electron chi connectivity index (χ3n) is 5.46. The van der Waals surface area contributed by atoms with Crippen molar-refractivity contribution in [2.75, 3.05) is 36.4 Å². The van der Waals surface area contributed by atoms with Crippen molar-refractivity contribution in [2.45, 2.75) is 20.4 Å². The van der Waals surface area contributed by atoms with Gasteiger partial charge in [0.05, 0.1) is 22.3 Å². The Labute approximate surface area is 172 Å². The van der Waals surface area contributed by atoms with Gasteiger partial charge in [-0.3, -0.25) is 4.68 Å². The average Bonchev–Trinajstić information content (AvgIpc) is 3.29. The third-order valence-corrected chi connectivity index (χ3v) is 5.46. The minimum absolute atomic E-state index is 0.258. The van der Waals surface area contributed by atoms with Crippen LogP contribution in [0.1, 0.15) is 12.6 Å². The van der Waals surface area contributed by atoms with E-state index in [1.165, 1.54) is 6.07 Å². The Hall–Kier alpha value is -3.20. The molecule has 0 atom stereocenters. The van der Waals surface area contributed by atoms with Crippen molar-refractivity contribution in [1.82, 2.24) is 24.5 Å². The molecule has 5 rings (SSSR count). The molecule has 9 heteroatoms. The van der Waals surface area contributed by atoms with Gasteiger partial charge in [0.2, 0.25) is 0 Å². The summed E-state index contributed by atoms with van der Waals surface area (Å²) < 4.78 is 33.1. The van der Waals surface area contributed by atoms with E-state index in [0.29, 0.717) is 29.0 Å². The van der Waals surface area contributed by atoms with Gasteiger partial charge in [-0.05, 0) is 26.0 Å². The second kappa shape index (κ2) is 7.24. The maximum atomic E-state index is 15.2. The second-order valence-electron chi connectivity index (χ2n) is 7.54. The van der Waals surface area contributed by atoms with Gasteiger partial charge in [-0.25, -0.2) is 13.8 Å². The smallest absolute Gasteiger partial charge is 0.173 e. The van der Waals surface area contributed by atoms with E-state index in [9.17, 15) is 4.39 Å². The number of nitrogens with zero attached hydrogens (tertiary/aromatic N) is 5.